The molecule has 6 nitrogen and oxygen atoms in total. The smallest absolute Gasteiger partial charge is 0.278 e. The van der Waals surface area contributed by atoms with E-state index < -0.39 is 0 Å². The summed E-state index contributed by atoms with van der Waals surface area (Å²) in [6.07, 6.45) is 0.596. The van der Waals surface area contributed by atoms with Gasteiger partial charge in [-0.2, -0.15) is 0 Å². The number of methoxy groups -OCH3 is 1. The number of carbonyl (C=O) groups excluding carboxylic acids is 2. The van der Waals surface area contributed by atoms with Crippen LogP contribution in [0.5, 0.6) is 5.75 Å². The molecule has 0 radical (unpaired) electrons. The first-order chi connectivity index (χ1) is 16.0. The van der Waals surface area contributed by atoms with Crippen molar-refractivity contribution in [2.75, 3.05) is 38.0 Å². The zero-order valence-electron chi connectivity index (χ0n) is 19.0. The molecule has 0 saturated carbocycles. The number of benzene rings is 3. The van der Waals surface area contributed by atoms with Gasteiger partial charge in [-0.05, 0) is 53.9 Å². The van der Waals surface area contributed by atoms with E-state index in [2.05, 4.69) is 5.32 Å². The molecular formula is C27H27N3O3. The third kappa shape index (κ3) is 4.75. The highest BCUT2D eigenvalue weighted by Gasteiger charge is 2.38. The molecule has 1 aliphatic heterocycles. The Morgan fingerprint density at radius 1 is 0.848 bits per heavy atom. The third-order valence-electron chi connectivity index (χ3n) is 5.67. The molecule has 4 rings (SSSR count). The van der Waals surface area contributed by atoms with Crippen LogP contribution in [0.4, 0.5) is 11.4 Å². The molecule has 0 fully saturated rings. The summed E-state index contributed by atoms with van der Waals surface area (Å²) >= 11 is 0. The highest BCUT2D eigenvalue weighted by molar-refractivity contribution is 6.36. The van der Waals surface area contributed by atoms with E-state index in [1.165, 1.54) is 4.90 Å². The summed E-state index contributed by atoms with van der Waals surface area (Å²) < 4.78 is 5.24. The van der Waals surface area contributed by atoms with Gasteiger partial charge in [0.05, 0.1) is 12.7 Å². The van der Waals surface area contributed by atoms with Crippen LogP contribution in [0.25, 0.3) is 5.57 Å². The van der Waals surface area contributed by atoms with Crippen LogP contribution >= 0.6 is 0 Å². The normalized spacial score (nSPS) is 13.5. The van der Waals surface area contributed by atoms with Crippen molar-refractivity contribution in [3.05, 3.63) is 95.7 Å². The molecule has 6 heteroatoms. The Hall–Kier alpha value is -4.06. The van der Waals surface area contributed by atoms with Crippen molar-refractivity contribution < 1.29 is 14.3 Å². The molecule has 0 atom stereocenters. The number of amides is 2. The number of ether oxygens (including phenoxy) is 1. The van der Waals surface area contributed by atoms with Gasteiger partial charge < -0.3 is 15.0 Å². The first-order valence-electron chi connectivity index (χ1n) is 10.8. The topological polar surface area (TPSA) is 61.9 Å². The maximum atomic E-state index is 13.4. The van der Waals surface area contributed by atoms with Gasteiger partial charge in [0.2, 0.25) is 0 Å². The van der Waals surface area contributed by atoms with Gasteiger partial charge in [-0.25, -0.2) is 0 Å². The van der Waals surface area contributed by atoms with Gasteiger partial charge in [0.25, 0.3) is 11.8 Å². The van der Waals surface area contributed by atoms with Crippen molar-refractivity contribution in [2.24, 2.45) is 0 Å². The molecular weight excluding hydrogens is 414 g/mol. The standard InChI is InChI=1S/C27H27N3O3/c1-29(2)22-13-11-21(12-14-22)28-25-24(20-9-15-23(33-3)16-10-20)26(31)30(27(25)32)18-17-19-7-5-4-6-8-19/h4-16,28H,17-18H2,1-3H3. The van der Waals surface area contributed by atoms with E-state index in [9.17, 15) is 9.59 Å². The average Bonchev–Trinajstić information content (AvgIpc) is 3.07. The van der Waals surface area contributed by atoms with Crippen molar-refractivity contribution in [2.45, 2.75) is 6.42 Å². The van der Waals surface area contributed by atoms with Crippen LogP contribution in [-0.2, 0) is 16.0 Å². The number of imide groups is 1. The quantitative estimate of drug-likeness (QED) is 0.531. The second kappa shape index (κ2) is 9.61. The van der Waals surface area contributed by atoms with Crippen LogP contribution in [0, 0.1) is 0 Å². The fourth-order valence-corrected chi connectivity index (χ4v) is 3.79. The van der Waals surface area contributed by atoms with E-state index in [1.54, 1.807) is 31.4 Å². The van der Waals surface area contributed by atoms with Crippen LogP contribution in [0.3, 0.4) is 0 Å². The lowest BCUT2D eigenvalue weighted by atomic mass is 10.0. The summed E-state index contributed by atoms with van der Waals surface area (Å²) in [5.74, 6) is 0.0674. The second-order valence-corrected chi connectivity index (χ2v) is 8.04. The minimum atomic E-state index is -0.321. The fourth-order valence-electron chi connectivity index (χ4n) is 3.79. The predicted molar refractivity (Wildman–Crippen MR) is 131 cm³/mol. The second-order valence-electron chi connectivity index (χ2n) is 8.04. The zero-order chi connectivity index (χ0) is 23.4. The molecule has 33 heavy (non-hydrogen) atoms. The SMILES string of the molecule is COc1ccc(C2=C(Nc3ccc(N(C)C)cc3)C(=O)N(CCc3ccccc3)C2=O)cc1. The van der Waals surface area contributed by atoms with E-state index in [0.717, 1.165) is 16.9 Å². The molecule has 0 bridgehead atoms. The first-order valence-corrected chi connectivity index (χ1v) is 10.8. The minimum Gasteiger partial charge on any atom is -0.497 e. The molecule has 3 aromatic rings. The van der Waals surface area contributed by atoms with E-state index >= 15 is 0 Å². The maximum absolute atomic E-state index is 13.4. The third-order valence-corrected chi connectivity index (χ3v) is 5.67. The molecule has 2 amide bonds. The van der Waals surface area contributed by atoms with Crippen LogP contribution in [0.2, 0.25) is 0 Å². The number of nitrogens with zero attached hydrogens (tertiary/aromatic N) is 2. The highest BCUT2D eigenvalue weighted by Crippen LogP contribution is 2.32. The van der Waals surface area contributed by atoms with Crippen LogP contribution in [-0.4, -0.2) is 44.5 Å². The molecule has 1 aliphatic rings. The van der Waals surface area contributed by atoms with Crippen LogP contribution in [0.1, 0.15) is 11.1 Å². The number of anilines is 2. The van der Waals surface area contributed by atoms with Gasteiger partial charge in [0.1, 0.15) is 11.4 Å². The molecule has 0 spiro atoms. The number of carbonyl (C=O) groups is 2. The molecule has 3 aromatic carbocycles. The van der Waals surface area contributed by atoms with Crippen molar-refractivity contribution in [1.82, 2.24) is 4.90 Å². The summed E-state index contributed by atoms with van der Waals surface area (Å²) in [5, 5.41) is 3.21. The average molecular weight is 442 g/mol. The molecule has 0 aromatic heterocycles. The summed E-state index contributed by atoms with van der Waals surface area (Å²) in [4.78, 5) is 30.1. The predicted octanol–water partition coefficient (Wildman–Crippen LogP) is 4.20. The monoisotopic (exact) mass is 441 g/mol. The molecule has 0 aliphatic carbocycles. The van der Waals surface area contributed by atoms with Crippen LogP contribution < -0.4 is 15.0 Å². The summed E-state index contributed by atoms with van der Waals surface area (Å²) in [7, 11) is 5.53. The van der Waals surface area contributed by atoms with Crippen molar-refractivity contribution in [1.29, 1.82) is 0 Å². The largest absolute Gasteiger partial charge is 0.497 e. The lowest BCUT2D eigenvalue weighted by Crippen LogP contribution is -2.34. The fraction of sp³-hybridized carbons (Fsp3) is 0.185. The highest BCUT2D eigenvalue weighted by atomic mass is 16.5. The Balaban J connectivity index is 1.65. The molecule has 1 heterocycles. The summed E-state index contributed by atoms with van der Waals surface area (Å²) in [5.41, 5.74) is 4.19. The number of hydrogen-bond donors (Lipinski definition) is 1. The Bertz CT molecular complexity index is 1170. The first kappa shape index (κ1) is 22.1. The summed E-state index contributed by atoms with van der Waals surface area (Å²) in [6.45, 7) is 0.312. The van der Waals surface area contributed by atoms with Gasteiger partial charge in [0.15, 0.2) is 0 Å². The van der Waals surface area contributed by atoms with E-state index in [1.807, 2.05) is 73.6 Å². The van der Waals surface area contributed by atoms with Gasteiger partial charge in [0, 0.05) is 32.0 Å². The van der Waals surface area contributed by atoms with E-state index in [-0.39, 0.29) is 17.5 Å². The minimum absolute atomic E-state index is 0.288. The van der Waals surface area contributed by atoms with Crippen molar-refractivity contribution >= 4 is 28.8 Å². The lowest BCUT2D eigenvalue weighted by molar-refractivity contribution is -0.136. The van der Waals surface area contributed by atoms with E-state index in [0.29, 0.717) is 29.9 Å². The van der Waals surface area contributed by atoms with Gasteiger partial charge >= 0.3 is 0 Å². The molecule has 1 N–H and O–H groups in total. The number of hydrogen-bond acceptors (Lipinski definition) is 5. The van der Waals surface area contributed by atoms with Crippen LogP contribution in [0.15, 0.2) is 84.6 Å². The Kier molecular flexibility index (Phi) is 6.45. The summed E-state index contributed by atoms with van der Waals surface area (Å²) in [6, 6.07) is 24.7. The number of rotatable bonds is 8. The molecule has 0 unspecified atom stereocenters. The molecule has 168 valence electrons. The number of nitrogens with one attached hydrogen (secondary N) is 1. The molecule has 0 saturated heterocycles. The van der Waals surface area contributed by atoms with Gasteiger partial charge in [-0.15, -0.1) is 0 Å². The van der Waals surface area contributed by atoms with E-state index in [4.69, 9.17) is 4.74 Å². The van der Waals surface area contributed by atoms with Gasteiger partial charge in [-0.1, -0.05) is 42.5 Å². The Morgan fingerprint density at radius 3 is 2.12 bits per heavy atom. The Labute approximate surface area is 194 Å². The zero-order valence-corrected chi connectivity index (χ0v) is 19.0. The maximum Gasteiger partial charge on any atom is 0.278 e. The Morgan fingerprint density at radius 2 is 1.52 bits per heavy atom. The van der Waals surface area contributed by atoms with Crippen molar-refractivity contribution in [3.8, 4) is 5.75 Å². The van der Waals surface area contributed by atoms with Gasteiger partial charge in [-0.3, -0.25) is 14.5 Å². The van der Waals surface area contributed by atoms with Crippen molar-refractivity contribution in [3.63, 3.8) is 0 Å². The lowest BCUT2D eigenvalue weighted by Gasteiger charge is -2.16.